The summed E-state index contributed by atoms with van der Waals surface area (Å²) < 4.78 is 22.2. The van der Waals surface area contributed by atoms with Gasteiger partial charge in [-0.3, -0.25) is 9.69 Å². The Labute approximate surface area is 197 Å². The molecule has 2 aliphatic rings. The van der Waals surface area contributed by atoms with Crippen LogP contribution in [0, 0.1) is 0 Å². The van der Waals surface area contributed by atoms with Gasteiger partial charge in [-0.05, 0) is 49.2 Å². The van der Waals surface area contributed by atoms with Crippen molar-refractivity contribution in [1.29, 1.82) is 0 Å². The van der Waals surface area contributed by atoms with Crippen LogP contribution < -0.4 is 24.3 Å². The van der Waals surface area contributed by atoms with Gasteiger partial charge in [-0.25, -0.2) is 4.79 Å². The van der Waals surface area contributed by atoms with E-state index in [1.165, 1.54) is 7.11 Å². The van der Waals surface area contributed by atoms with E-state index in [1.54, 1.807) is 31.2 Å². The molecule has 2 aliphatic heterocycles. The van der Waals surface area contributed by atoms with Crippen LogP contribution in [0.3, 0.4) is 0 Å². The van der Waals surface area contributed by atoms with E-state index in [2.05, 4.69) is 5.32 Å². The summed E-state index contributed by atoms with van der Waals surface area (Å²) in [5.41, 5.74) is 0.221. The van der Waals surface area contributed by atoms with Crippen molar-refractivity contribution in [2.45, 2.75) is 25.5 Å². The van der Waals surface area contributed by atoms with Crippen molar-refractivity contribution in [3.63, 3.8) is 0 Å². The van der Waals surface area contributed by atoms with Crippen molar-refractivity contribution in [2.24, 2.45) is 0 Å². The number of benzene rings is 2. The summed E-state index contributed by atoms with van der Waals surface area (Å²) in [6.45, 7) is 4.06. The lowest BCUT2D eigenvalue weighted by molar-refractivity contribution is -0.132. The van der Waals surface area contributed by atoms with Gasteiger partial charge in [-0.15, -0.1) is 0 Å². The highest BCUT2D eigenvalue weighted by Crippen LogP contribution is 2.37. The average Bonchev–Trinajstić information content (AvgIpc) is 3.06. The molecule has 2 aromatic carbocycles. The van der Waals surface area contributed by atoms with Gasteiger partial charge in [0.25, 0.3) is 5.91 Å². The molecule has 0 bridgehead atoms. The van der Waals surface area contributed by atoms with Crippen LogP contribution in [0.25, 0.3) is 6.08 Å². The monoisotopic (exact) mass is 468 g/mol. The number of carbonyl (C=O) groups excluding carboxylic acids is 2. The molecule has 9 nitrogen and oxygen atoms in total. The van der Waals surface area contributed by atoms with E-state index in [0.29, 0.717) is 41.8 Å². The van der Waals surface area contributed by atoms with Gasteiger partial charge in [0, 0.05) is 0 Å². The molecule has 0 saturated carbocycles. The van der Waals surface area contributed by atoms with Gasteiger partial charge in [-0.2, -0.15) is 0 Å². The van der Waals surface area contributed by atoms with Crippen molar-refractivity contribution in [1.82, 2.24) is 10.2 Å². The molecule has 3 amide bonds. The predicted molar refractivity (Wildman–Crippen MR) is 124 cm³/mol. The van der Waals surface area contributed by atoms with Crippen LogP contribution in [0.15, 0.2) is 42.5 Å². The number of fused-ring (bicyclic) bond motifs is 1. The maximum Gasteiger partial charge on any atom is 0.325 e. The van der Waals surface area contributed by atoms with E-state index in [0.717, 1.165) is 10.5 Å². The summed E-state index contributed by atoms with van der Waals surface area (Å²) >= 11 is 0. The number of nitrogens with zero attached hydrogens (tertiary/aromatic N) is 1. The van der Waals surface area contributed by atoms with Crippen LogP contribution in [0.5, 0.6) is 23.0 Å². The van der Waals surface area contributed by atoms with Gasteiger partial charge in [0.1, 0.15) is 31.5 Å². The molecule has 1 saturated heterocycles. The number of nitrogens with one attached hydrogen (secondary N) is 1. The molecule has 9 heteroatoms. The first-order valence-corrected chi connectivity index (χ1v) is 11.0. The van der Waals surface area contributed by atoms with E-state index in [4.69, 9.17) is 18.9 Å². The van der Waals surface area contributed by atoms with Crippen LogP contribution >= 0.6 is 0 Å². The molecule has 180 valence electrons. The largest absolute Gasteiger partial charge is 0.493 e. The number of urea groups is 1. The quantitative estimate of drug-likeness (QED) is 0.574. The summed E-state index contributed by atoms with van der Waals surface area (Å²) in [6, 6.07) is 9.97. The predicted octanol–water partition coefficient (Wildman–Crippen LogP) is 2.71. The zero-order valence-corrected chi connectivity index (χ0v) is 19.4. The maximum atomic E-state index is 13.2. The van der Waals surface area contributed by atoms with Crippen LogP contribution in [0.2, 0.25) is 0 Å². The molecule has 34 heavy (non-hydrogen) atoms. The lowest BCUT2D eigenvalue weighted by atomic mass is 9.91. The molecular weight excluding hydrogens is 440 g/mol. The molecule has 2 aromatic rings. The maximum absolute atomic E-state index is 13.2. The number of hydrogen-bond donors (Lipinski definition) is 2. The number of rotatable bonds is 8. The minimum absolute atomic E-state index is 0.128. The number of imide groups is 1. The lowest BCUT2D eigenvalue weighted by Gasteiger charge is -2.25. The van der Waals surface area contributed by atoms with Gasteiger partial charge in [0.15, 0.2) is 23.0 Å². The first-order valence-electron chi connectivity index (χ1n) is 11.0. The summed E-state index contributed by atoms with van der Waals surface area (Å²) in [4.78, 5) is 26.8. The molecule has 2 N–H and O–H groups in total. The number of aliphatic hydroxyl groups is 1. The third kappa shape index (κ3) is 4.51. The molecule has 0 radical (unpaired) electrons. The number of amides is 3. The molecule has 0 aromatic heterocycles. The van der Waals surface area contributed by atoms with E-state index >= 15 is 0 Å². The Hall–Kier alpha value is -3.72. The molecule has 0 spiro atoms. The highest BCUT2D eigenvalue weighted by Gasteiger charge is 2.49. The fourth-order valence-corrected chi connectivity index (χ4v) is 3.96. The fraction of sp³-hybridized carbons (Fsp3) is 0.360. The highest BCUT2D eigenvalue weighted by atomic mass is 16.6. The fourth-order valence-electron chi connectivity index (χ4n) is 3.96. The van der Waals surface area contributed by atoms with Crippen LogP contribution in [-0.4, -0.2) is 61.5 Å². The number of methoxy groups -OCH3 is 1. The Morgan fingerprint density at radius 2 is 1.91 bits per heavy atom. The zero-order chi connectivity index (χ0) is 24.3. The second-order valence-corrected chi connectivity index (χ2v) is 8.20. The third-order valence-corrected chi connectivity index (χ3v) is 5.77. The molecule has 4 rings (SSSR count). The summed E-state index contributed by atoms with van der Waals surface area (Å²) in [6.07, 6.45) is 2.74. The van der Waals surface area contributed by atoms with Gasteiger partial charge < -0.3 is 29.4 Å². The van der Waals surface area contributed by atoms with E-state index < -0.39 is 23.6 Å². The van der Waals surface area contributed by atoms with Gasteiger partial charge >= 0.3 is 6.03 Å². The molecule has 2 heterocycles. The molecule has 1 fully saturated rings. The van der Waals surface area contributed by atoms with Crippen LogP contribution in [-0.2, 0) is 10.3 Å². The topological polar surface area (TPSA) is 107 Å². The minimum Gasteiger partial charge on any atom is -0.493 e. The van der Waals surface area contributed by atoms with Crippen molar-refractivity contribution in [2.75, 3.05) is 33.5 Å². The SMILES string of the molecule is C/C=C/c1ccc(OCC(O)CN2C(=O)NC(C)(c3ccc4c(c3)OCCO4)C2=O)c(OC)c1. The average molecular weight is 469 g/mol. The van der Waals surface area contributed by atoms with Gasteiger partial charge in [-0.1, -0.05) is 24.3 Å². The van der Waals surface area contributed by atoms with E-state index in [1.807, 2.05) is 31.2 Å². The molecule has 2 atom stereocenters. The zero-order valence-electron chi connectivity index (χ0n) is 19.4. The number of β-amino-alcohol motifs (C(OH)–C–C–N with tert-alkyl or cyclic N) is 1. The second kappa shape index (κ2) is 9.64. The summed E-state index contributed by atoms with van der Waals surface area (Å²) in [5.74, 6) is 1.61. The normalized spacial score (nSPS) is 20.4. The number of hydrogen-bond acceptors (Lipinski definition) is 7. The Morgan fingerprint density at radius 1 is 1.15 bits per heavy atom. The van der Waals surface area contributed by atoms with Crippen molar-refractivity contribution in [3.05, 3.63) is 53.6 Å². The van der Waals surface area contributed by atoms with Crippen molar-refractivity contribution in [3.8, 4) is 23.0 Å². The minimum atomic E-state index is -1.29. The number of ether oxygens (including phenoxy) is 4. The Morgan fingerprint density at radius 3 is 2.65 bits per heavy atom. The highest BCUT2D eigenvalue weighted by molar-refractivity contribution is 6.07. The van der Waals surface area contributed by atoms with Gasteiger partial charge in [0.2, 0.25) is 0 Å². The Balaban J connectivity index is 1.42. The molecule has 2 unspecified atom stereocenters. The van der Waals surface area contributed by atoms with Crippen molar-refractivity contribution < 1.29 is 33.6 Å². The lowest BCUT2D eigenvalue weighted by Crippen LogP contribution is -2.42. The number of aliphatic hydroxyl groups excluding tert-OH is 1. The standard InChI is InChI=1S/C25H28N2O7/c1-4-5-16-6-8-19(21(12-16)31-3)34-15-18(28)14-27-23(29)25(2,26-24(27)30)17-7-9-20-22(13-17)33-11-10-32-20/h4-9,12-13,18,28H,10-11,14-15H2,1-3H3,(H,26,30)/b5-4+. The van der Waals surface area contributed by atoms with E-state index in [9.17, 15) is 14.7 Å². The first-order chi connectivity index (χ1) is 16.4. The third-order valence-electron chi connectivity index (χ3n) is 5.77. The molecular formula is C25H28N2O7. The van der Waals surface area contributed by atoms with Crippen LogP contribution in [0.4, 0.5) is 4.79 Å². The summed E-state index contributed by atoms with van der Waals surface area (Å²) in [5, 5.41) is 13.3. The summed E-state index contributed by atoms with van der Waals surface area (Å²) in [7, 11) is 1.53. The van der Waals surface area contributed by atoms with Crippen molar-refractivity contribution >= 4 is 18.0 Å². The smallest absolute Gasteiger partial charge is 0.325 e. The number of carbonyl (C=O) groups is 2. The van der Waals surface area contributed by atoms with Crippen LogP contribution in [0.1, 0.15) is 25.0 Å². The Bertz CT molecular complexity index is 1120. The first kappa shape index (κ1) is 23.4. The van der Waals surface area contributed by atoms with Gasteiger partial charge in [0.05, 0.1) is 13.7 Å². The Kier molecular flexibility index (Phi) is 6.65. The second-order valence-electron chi connectivity index (χ2n) is 8.20. The number of allylic oxidation sites excluding steroid dienone is 1. The molecule has 0 aliphatic carbocycles. The van der Waals surface area contributed by atoms with E-state index in [-0.39, 0.29) is 13.2 Å².